The molecule has 0 saturated heterocycles. The Balaban J connectivity index is 1.86. The fourth-order valence-electron chi connectivity index (χ4n) is 2.93. The molecular formula is C16H23NOS. The number of rotatable bonds is 4. The highest BCUT2D eigenvalue weighted by atomic mass is 32.1. The summed E-state index contributed by atoms with van der Waals surface area (Å²) in [6.07, 6.45) is 7.34. The molecule has 1 aromatic carbocycles. The molecule has 0 aliphatic heterocycles. The van der Waals surface area contributed by atoms with Crippen molar-refractivity contribution in [1.29, 1.82) is 0 Å². The van der Waals surface area contributed by atoms with E-state index < -0.39 is 0 Å². The van der Waals surface area contributed by atoms with Crippen LogP contribution in [0.1, 0.15) is 55.8 Å². The first kappa shape index (κ1) is 14.4. The molecule has 1 aromatic rings. The molecule has 1 saturated carbocycles. The zero-order valence-corrected chi connectivity index (χ0v) is 12.5. The molecular weight excluding hydrogens is 254 g/mol. The minimum atomic E-state index is 0.0181. The smallest absolute Gasteiger partial charge is 0.252 e. The summed E-state index contributed by atoms with van der Waals surface area (Å²) in [6, 6.07) is 7.81. The maximum atomic E-state index is 12.2. The third-order valence-corrected chi connectivity index (χ3v) is 4.42. The van der Waals surface area contributed by atoms with Crippen LogP contribution in [0.2, 0.25) is 0 Å². The van der Waals surface area contributed by atoms with E-state index in [9.17, 15) is 4.79 Å². The second kappa shape index (κ2) is 6.99. The predicted molar refractivity (Wildman–Crippen MR) is 81.8 cm³/mol. The van der Waals surface area contributed by atoms with E-state index in [1.165, 1.54) is 25.7 Å². The number of nitrogens with one attached hydrogen (secondary N) is 1. The average molecular weight is 277 g/mol. The molecule has 0 atom stereocenters. The molecule has 2 nitrogen and oxygen atoms in total. The van der Waals surface area contributed by atoms with Crippen LogP contribution in [0.4, 0.5) is 0 Å². The zero-order chi connectivity index (χ0) is 13.7. The molecule has 1 fully saturated rings. The fourth-order valence-corrected chi connectivity index (χ4v) is 3.19. The Bertz CT molecular complexity index is 425. The maximum Gasteiger partial charge on any atom is 0.252 e. The van der Waals surface area contributed by atoms with Crippen molar-refractivity contribution in [3.8, 4) is 0 Å². The van der Waals surface area contributed by atoms with Crippen LogP contribution >= 0.6 is 12.6 Å². The lowest BCUT2D eigenvalue weighted by atomic mass is 9.83. The monoisotopic (exact) mass is 277 g/mol. The van der Waals surface area contributed by atoms with Crippen molar-refractivity contribution in [1.82, 2.24) is 5.32 Å². The largest absolute Gasteiger partial charge is 0.349 e. The molecule has 0 spiro atoms. The summed E-state index contributed by atoms with van der Waals surface area (Å²) >= 11 is 4.34. The van der Waals surface area contributed by atoms with Crippen molar-refractivity contribution >= 4 is 18.5 Å². The van der Waals surface area contributed by atoms with Crippen molar-refractivity contribution in [2.45, 2.75) is 56.4 Å². The van der Waals surface area contributed by atoms with Crippen LogP contribution in [0.5, 0.6) is 0 Å². The van der Waals surface area contributed by atoms with Gasteiger partial charge in [-0.25, -0.2) is 0 Å². The van der Waals surface area contributed by atoms with E-state index in [2.05, 4.69) is 24.9 Å². The summed E-state index contributed by atoms with van der Waals surface area (Å²) in [6.45, 7) is 2.25. The standard InChI is InChI=1S/C16H23NOS/c1-2-5-12-8-10-13(11-9-12)17-16(18)14-6-3-4-7-15(14)19/h3-4,6-7,12-13,19H,2,5,8-11H2,1H3,(H,17,18). The number of hydrogen-bond donors (Lipinski definition) is 2. The lowest BCUT2D eigenvalue weighted by Gasteiger charge is -2.29. The van der Waals surface area contributed by atoms with Crippen LogP contribution in [-0.2, 0) is 0 Å². The van der Waals surface area contributed by atoms with Crippen LogP contribution < -0.4 is 5.32 Å². The lowest BCUT2D eigenvalue weighted by molar-refractivity contribution is 0.0918. The van der Waals surface area contributed by atoms with Gasteiger partial charge in [0.2, 0.25) is 0 Å². The van der Waals surface area contributed by atoms with E-state index in [4.69, 9.17) is 0 Å². The van der Waals surface area contributed by atoms with Gasteiger partial charge in [0.15, 0.2) is 0 Å². The predicted octanol–water partition coefficient (Wildman–Crippen LogP) is 4.06. The van der Waals surface area contributed by atoms with Crippen LogP contribution in [0.25, 0.3) is 0 Å². The van der Waals surface area contributed by atoms with Gasteiger partial charge < -0.3 is 5.32 Å². The van der Waals surface area contributed by atoms with Gasteiger partial charge in [0.1, 0.15) is 0 Å². The third kappa shape index (κ3) is 4.00. The van der Waals surface area contributed by atoms with Gasteiger partial charge >= 0.3 is 0 Å². The van der Waals surface area contributed by atoms with Gasteiger partial charge in [-0.15, -0.1) is 12.6 Å². The second-order valence-corrected chi connectivity index (χ2v) is 5.98. The Morgan fingerprint density at radius 1 is 1.26 bits per heavy atom. The summed E-state index contributed by atoms with van der Waals surface area (Å²) in [5.41, 5.74) is 0.682. The van der Waals surface area contributed by atoms with E-state index in [0.29, 0.717) is 11.6 Å². The lowest BCUT2D eigenvalue weighted by Crippen LogP contribution is -2.37. The Morgan fingerprint density at radius 3 is 2.58 bits per heavy atom. The van der Waals surface area contributed by atoms with Crippen LogP contribution in [0, 0.1) is 5.92 Å². The number of carbonyl (C=O) groups excluding carboxylic acids is 1. The topological polar surface area (TPSA) is 29.1 Å². The number of carbonyl (C=O) groups is 1. The molecule has 19 heavy (non-hydrogen) atoms. The van der Waals surface area contributed by atoms with Crippen molar-refractivity contribution in [3.05, 3.63) is 29.8 Å². The normalized spacial score (nSPS) is 23.1. The molecule has 104 valence electrons. The summed E-state index contributed by atoms with van der Waals surface area (Å²) in [5, 5.41) is 3.15. The highest BCUT2D eigenvalue weighted by molar-refractivity contribution is 7.80. The van der Waals surface area contributed by atoms with E-state index in [1.807, 2.05) is 24.3 Å². The summed E-state index contributed by atoms with van der Waals surface area (Å²) in [5.74, 6) is 0.889. The second-order valence-electron chi connectivity index (χ2n) is 5.50. The molecule has 1 N–H and O–H groups in total. The molecule has 0 heterocycles. The van der Waals surface area contributed by atoms with Gasteiger partial charge in [-0.1, -0.05) is 31.9 Å². The molecule has 0 radical (unpaired) electrons. The van der Waals surface area contributed by atoms with Gasteiger partial charge in [-0.3, -0.25) is 4.79 Å². The minimum Gasteiger partial charge on any atom is -0.349 e. The van der Waals surface area contributed by atoms with Gasteiger partial charge in [0.25, 0.3) is 5.91 Å². The number of thiol groups is 1. The first-order valence-electron chi connectivity index (χ1n) is 7.29. The molecule has 0 bridgehead atoms. The first-order chi connectivity index (χ1) is 9.20. The summed E-state index contributed by atoms with van der Waals surface area (Å²) in [4.78, 5) is 12.9. The van der Waals surface area contributed by atoms with E-state index in [0.717, 1.165) is 23.7 Å². The molecule has 1 amide bonds. The maximum absolute atomic E-state index is 12.2. The molecule has 2 rings (SSSR count). The van der Waals surface area contributed by atoms with Crippen LogP contribution in [0.15, 0.2) is 29.2 Å². The Labute approximate surface area is 121 Å². The Morgan fingerprint density at radius 2 is 1.95 bits per heavy atom. The van der Waals surface area contributed by atoms with Crippen molar-refractivity contribution < 1.29 is 4.79 Å². The van der Waals surface area contributed by atoms with Crippen molar-refractivity contribution in [2.24, 2.45) is 5.92 Å². The number of benzene rings is 1. The zero-order valence-electron chi connectivity index (χ0n) is 11.6. The van der Waals surface area contributed by atoms with Gasteiger partial charge in [0.05, 0.1) is 5.56 Å². The Hall–Kier alpha value is -0.960. The highest BCUT2D eigenvalue weighted by Gasteiger charge is 2.22. The molecule has 0 aromatic heterocycles. The van der Waals surface area contributed by atoms with E-state index >= 15 is 0 Å². The van der Waals surface area contributed by atoms with Gasteiger partial charge in [-0.05, 0) is 43.7 Å². The number of amides is 1. The quantitative estimate of drug-likeness (QED) is 0.798. The van der Waals surface area contributed by atoms with Crippen molar-refractivity contribution in [3.63, 3.8) is 0 Å². The van der Waals surface area contributed by atoms with E-state index in [1.54, 1.807) is 0 Å². The number of hydrogen-bond acceptors (Lipinski definition) is 2. The summed E-state index contributed by atoms with van der Waals surface area (Å²) in [7, 11) is 0. The van der Waals surface area contributed by atoms with E-state index in [-0.39, 0.29) is 5.91 Å². The highest BCUT2D eigenvalue weighted by Crippen LogP contribution is 2.28. The molecule has 0 unspecified atom stereocenters. The molecule has 1 aliphatic carbocycles. The SMILES string of the molecule is CCCC1CCC(NC(=O)c2ccccc2S)CC1. The van der Waals surface area contributed by atoms with Gasteiger partial charge in [0, 0.05) is 10.9 Å². The third-order valence-electron chi connectivity index (χ3n) is 4.03. The fraction of sp³-hybridized carbons (Fsp3) is 0.562. The van der Waals surface area contributed by atoms with Crippen molar-refractivity contribution in [2.75, 3.05) is 0 Å². The van der Waals surface area contributed by atoms with Gasteiger partial charge in [-0.2, -0.15) is 0 Å². The van der Waals surface area contributed by atoms with Crippen LogP contribution in [0.3, 0.4) is 0 Å². The average Bonchev–Trinajstić information content (AvgIpc) is 2.42. The van der Waals surface area contributed by atoms with Crippen LogP contribution in [-0.4, -0.2) is 11.9 Å². The Kier molecular flexibility index (Phi) is 5.32. The summed E-state index contributed by atoms with van der Waals surface area (Å²) < 4.78 is 0. The first-order valence-corrected chi connectivity index (χ1v) is 7.74. The minimum absolute atomic E-state index is 0.0181. The molecule has 3 heteroatoms. The molecule has 1 aliphatic rings.